The summed E-state index contributed by atoms with van der Waals surface area (Å²) in [6, 6.07) is 9.88. The van der Waals surface area contributed by atoms with Crippen LogP contribution in [0.1, 0.15) is 35.4 Å². The molecule has 3 rings (SSSR count). The van der Waals surface area contributed by atoms with Crippen molar-refractivity contribution in [2.45, 2.75) is 31.3 Å². The van der Waals surface area contributed by atoms with Gasteiger partial charge in [0.15, 0.2) is 0 Å². The molecule has 3 nitrogen and oxygen atoms in total. The van der Waals surface area contributed by atoms with Gasteiger partial charge >= 0.3 is 0 Å². The Hall–Kier alpha value is -1.39. The van der Waals surface area contributed by atoms with E-state index in [1.54, 1.807) is 0 Å². The van der Waals surface area contributed by atoms with Crippen LogP contribution in [0.15, 0.2) is 30.3 Å². The Bertz CT molecular complexity index is 566. The number of benzene rings is 1. The van der Waals surface area contributed by atoms with Crippen molar-refractivity contribution < 1.29 is 9.90 Å². The molecule has 1 aliphatic rings. The standard InChI is InChI=1S/C15H17NO2S/c17-14(16-10-15(18)7-3-4-8-15)13-9-11-5-1-2-6-12(11)19-13/h1-2,5-6,9,18H,3-4,7-8,10H2,(H,16,17). The smallest absolute Gasteiger partial charge is 0.261 e. The Kier molecular flexibility index (Phi) is 3.29. The summed E-state index contributed by atoms with van der Waals surface area (Å²) in [4.78, 5) is 12.8. The molecule has 1 amide bonds. The van der Waals surface area contributed by atoms with Crippen LogP contribution in [0, 0.1) is 0 Å². The van der Waals surface area contributed by atoms with E-state index >= 15 is 0 Å². The Balaban J connectivity index is 1.69. The normalized spacial score (nSPS) is 17.7. The highest BCUT2D eigenvalue weighted by atomic mass is 32.1. The van der Waals surface area contributed by atoms with Gasteiger partial charge in [-0.3, -0.25) is 4.79 Å². The van der Waals surface area contributed by atoms with Crippen LogP contribution in [0.25, 0.3) is 10.1 Å². The van der Waals surface area contributed by atoms with Crippen molar-refractivity contribution in [2.24, 2.45) is 0 Å². The summed E-state index contributed by atoms with van der Waals surface area (Å²) in [5.41, 5.74) is -0.688. The predicted molar refractivity (Wildman–Crippen MR) is 77.6 cm³/mol. The molecular weight excluding hydrogens is 258 g/mol. The molecule has 1 fully saturated rings. The number of rotatable bonds is 3. The fraction of sp³-hybridized carbons (Fsp3) is 0.400. The Morgan fingerprint density at radius 1 is 1.32 bits per heavy atom. The largest absolute Gasteiger partial charge is 0.388 e. The first-order valence-corrected chi connectivity index (χ1v) is 7.47. The number of amides is 1. The quantitative estimate of drug-likeness (QED) is 0.905. The van der Waals surface area contributed by atoms with Crippen molar-refractivity contribution in [3.8, 4) is 0 Å². The van der Waals surface area contributed by atoms with Crippen LogP contribution in [0.2, 0.25) is 0 Å². The van der Waals surface area contributed by atoms with Gasteiger partial charge in [0.05, 0.1) is 10.5 Å². The van der Waals surface area contributed by atoms with Gasteiger partial charge in [0.25, 0.3) is 5.91 Å². The van der Waals surface area contributed by atoms with Gasteiger partial charge in [-0.15, -0.1) is 11.3 Å². The first-order valence-electron chi connectivity index (χ1n) is 6.65. The van der Waals surface area contributed by atoms with Crippen LogP contribution >= 0.6 is 11.3 Å². The second kappa shape index (κ2) is 4.94. The van der Waals surface area contributed by atoms with E-state index in [0.717, 1.165) is 35.8 Å². The molecule has 0 radical (unpaired) electrons. The maximum Gasteiger partial charge on any atom is 0.261 e. The fourth-order valence-corrected chi connectivity index (χ4v) is 3.61. The van der Waals surface area contributed by atoms with Crippen molar-refractivity contribution in [2.75, 3.05) is 6.54 Å². The topological polar surface area (TPSA) is 49.3 Å². The highest BCUT2D eigenvalue weighted by molar-refractivity contribution is 7.20. The molecular formula is C15H17NO2S. The number of carbonyl (C=O) groups excluding carboxylic acids is 1. The van der Waals surface area contributed by atoms with Gasteiger partial charge in [-0.1, -0.05) is 31.0 Å². The molecule has 0 spiro atoms. The summed E-state index contributed by atoms with van der Waals surface area (Å²) < 4.78 is 1.12. The molecule has 1 aromatic carbocycles. The lowest BCUT2D eigenvalue weighted by molar-refractivity contribution is 0.0450. The van der Waals surface area contributed by atoms with E-state index in [-0.39, 0.29) is 5.91 Å². The average Bonchev–Trinajstić information content (AvgIpc) is 3.02. The number of aliphatic hydroxyl groups is 1. The molecule has 4 heteroatoms. The minimum absolute atomic E-state index is 0.0819. The van der Waals surface area contributed by atoms with Crippen LogP contribution in [-0.2, 0) is 0 Å². The fourth-order valence-electron chi connectivity index (χ4n) is 2.64. The van der Waals surface area contributed by atoms with E-state index in [1.165, 1.54) is 11.3 Å². The van der Waals surface area contributed by atoms with Gasteiger partial charge in [0, 0.05) is 11.2 Å². The van der Waals surface area contributed by atoms with Crippen LogP contribution < -0.4 is 5.32 Å². The number of hydrogen-bond donors (Lipinski definition) is 2. The van der Waals surface area contributed by atoms with Crippen molar-refractivity contribution in [3.63, 3.8) is 0 Å². The molecule has 0 bridgehead atoms. The van der Waals surface area contributed by atoms with Gasteiger partial charge in [0.2, 0.25) is 0 Å². The SMILES string of the molecule is O=C(NCC1(O)CCCC1)c1cc2ccccc2s1. The molecule has 0 unspecified atom stereocenters. The van der Waals surface area contributed by atoms with E-state index in [1.807, 2.05) is 30.3 Å². The predicted octanol–water partition coefficient (Wildman–Crippen LogP) is 2.94. The number of nitrogens with one attached hydrogen (secondary N) is 1. The zero-order valence-corrected chi connectivity index (χ0v) is 11.5. The molecule has 1 heterocycles. The highest BCUT2D eigenvalue weighted by Gasteiger charge is 2.31. The van der Waals surface area contributed by atoms with Gasteiger partial charge in [-0.2, -0.15) is 0 Å². The zero-order chi connectivity index (χ0) is 13.3. The molecule has 0 aliphatic heterocycles. The van der Waals surface area contributed by atoms with E-state index in [4.69, 9.17) is 0 Å². The molecule has 19 heavy (non-hydrogen) atoms. The van der Waals surface area contributed by atoms with E-state index < -0.39 is 5.60 Å². The summed E-state index contributed by atoms with van der Waals surface area (Å²) in [5.74, 6) is -0.0819. The molecule has 0 saturated heterocycles. The zero-order valence-electron chi connectivity index (χ0n) is 10.7. The summed E-state index contributed by atoms with van der Waals surface area (Å²) in [7, 11) is 0. The third-order valence-corrected chi connectivity index (χ3v) is 4.88. The van der Waals surface area contributed by atoms with Gasteiger partial charge in [-0.25, -0.2) is 0 Å². The molecule has 0 atom stereocenters. The van der Waals surface area contributed by atoms with E-state index in [9.17, 15) is 9.90 Å². The van der Waals surface area contributed by atoms with Crippen LogP contribution in [0.3, 0.4) is 0 Å². The summed E-state index contributed by atoms with van der Waals surface area (Å²) in [6.07, 6.45) is 3.68. The van der Waals surface area contributed by atoms with Gasteiger partial charge in [-0.05, 0) is 30.4 Å². The number of hydrogen-bond acceptors (Lipinski definition) is 3. The second-order valence-electron chi connectivity index (χ2n) is 5.26. The van der Waals surface area contributed by atoms with Crippen molar-refractivity contribution in [1.82, 2.24) is 5.32 Å². The molecule has 2 N–H and O–H groups in total. The first-order chi connectivity index (χ1) is 9.16. The monoisotopic (exact) mass is 275 g/mol. The number of fused-ring (bicyclic) bond motifs is 1. The molecule has 1 aromatic heterocycles. The average molecular weight is 275 g/mol. The Morgan fingerprint density at radius 3 is 2.79 bits per heavy atom. The molecule has 100 valence electrons. The molecule has 1 aliphatic carbocycles. The summed E-state index contributed by atoms with van der Waals surface area (Å²) in [5, 5.41) is 14.2. The lowest BCUT2D eigenvalue weighted by Crippen LogP contribution is -2.40. The second-order valence-corrected chi connectivity index (χ2v) is 6.35. The van der Waals surface area contributed by atoms with Crippen molar-refractivity contribution >= 4 is 27.3 Å². The third kappa shape index (κ3) is 2.65. The van der Waals surface area contributed by atoms with Gasteiger partial charge < -0.3 is 10.4 Å². The lowest BCUT2D eigenvalue weighted by atomic mass is 10.0. The van der Waals surface area contributed by atoms with Crippen molar-refractivity contribution in [3.05, 3.63) is 35.2 Å². The van der Waals surface area contributed by atoms with Crippen LogP contribution in [0.4, 0.5) is 0 Å². The Morgan fingerprint density at radius 2 is 2.05 bits per heavy atom. The van der Waals surface area contributed by atoms with E-state index in [2.05, 4.69) is 5.32 Å². The molecule has 2 aromatic rings. The lowest BCUT2D eigenvalue weighted by Gasteiger charge is -2.21. The molecule has 1 saturated carbocycles. The minimum atomic E-state index is -0.688. The van der Waals surface area contributed by atoms with Crippen molar-refractivity contribution in [1.29, 1.82) is 0 Å². The number of thiophene rings is 1. The van der Waals surface area contributed by atoms with Gasteiger partial charge in [0.1, 0.15) is 0 Å². The van der Waals surface area contributed by atoms with Crippen LogP contribution in [-0.4, -0.2) is 23.2 Å². The Labute approximate surface area is 116 Å². The maximum absolute atomic E-state index is 12.1. The summed E-state index contributed by atoms with van der Waals surface area (Å²) in [6.45, 7) is 0.361. The minimum Gasteiger partial charge on any atom is -0.388 e. The van der Waals surface area contributed by atoms with Crippen LogP contribution in [0.5, 0.6) is 0 Å². The van der Waals surface area contributed by atoms with E-state index in [0.29, 0.717) is 11.4 Å². The highest BCUT2D eigenvalue weighted by Crippen LogP contribution is 2.29. The number of carbonyl (C=O) groups is 1. The first kappa shape index (κ1) is 12.6. The maximum atomic E-state index is 12.1. The third-order valence-electron chi connectivity index (χ3n) is 3.76. The summed E-state index contributed by atoms with van der Waals surface area (Å²) >= 11 is 1.49.